The molecule has 2 atom stereocenters. The number of carbonyl (C=O) groups excluding carboxylic acids is 1. The van der Waals surface area contributed by atoms with E-state index in [-0.39, 0.29) is 23.5 Å². The van der Waals surface area contributed by atoms with E-state index < -0.39 is 16.1 Å². The van der Waals surface area contributed by atoms with E-state index in [1.165, 1.54) is 23.5 Å². The van der Waals surface area contributed by atoms with Crippen molar-refractivity contribution >= 4 is 15.9 Å². The first-order chi connectivity index (χ1) is 12.0. The molecule has 1 N–H and O–H groups in total. The van der Waals surface area contributed by atoms with Crippen LogP contribution < -0.4 is 10.1 Å². The van der Waals surface area contributed by atoms with Crippen molar-refractivity contribution in [2.24, 2.45) is 0 Å². The number of rotatable bonds is 5. The molecular weight excluding hydrogens is 340 g/mol. The summed E-state index contributed by atoms with van der Waals surface area (Å²) in [6, 6.07) is 16.5. The van der Waals surface area contributed by atoms with Crippen LogP contribution in [0.5, 0.6) is 5.75 Å². The van der Waals surface area contributed by atoms with Crippen molar-refractivity contribution in [2.75, 3.05) is 13.6 Å². The predicted molar refractivity (Wildman–Crippen MR) is 93.7 cm³/mol. The Morgan fingerprint density at radius 1 is 1.08 bits per heavy atom. The van der Waals surface area contributed by atoms with Gasteiger partial charge in [-0.2, -0.15) is 4.31 Å². The third kappa shape index (κ3) is 3.67. The van der Waals surface area contributed by atoms with Crippen LogP contribution in [0.4, 0.5) is 0 Å². The minimum absolute atomic E-state index is 0.129. The molecule has 1 aliphatic rings. The lowest BCUT2D eigenvalue weighted by molar-refractivity contribution is -0.123. The van der Waals surface area contributed by atoms with Crippen molar-refractivity contribution in [3.8, 4) is 5.75 Å². The zero-order valence-electron chi connectivity index (χ0n) is 13.8. The van der Waals surface area contributed by atoms with Crippen LogP contribution in [0.3, 0.4) is 0 Å². The van der Waals surface area contributed by atoms with E-state index in [4.69, 9.17) is 4.74 Å². The van der Waals surface area contributed by atoms with Crippen LogP contribution in [-0.4, -0.2) is 44.4 Å². The van der Waals surface area contributed by atoms with Gasteiger partial charge in [-0.3, -0.25) is 4.79 Å². The molecule has 2 aromatic rings. The third-order valence-corrected chi connectivity index (χ3v) is 6.05. The van der Waals surface area contributed by atoms with Crippen molar-refractivity contribution in [1.29, 1.82) is 0 Å². The second-order valence-corrected chi connectivity index (χ2v) is 7.70. The first-order valence-electron chi connectivity index (χ1n) is 8.02. The molecular formula is C18H20N2O4S. The van der Waals surface area contributed by atoms with Crippen molar-refractivity contribution in [2.45, 2.75) is 23.5 Å². The van der Waals surface area contributed by atoms with Gasteiger partial charge in [-0.1, -0.05) is 36.4 Å². The Morgan fingerprint density at radius 3 is 2.28 bits per heavy atom. The fourth-order valence-corrected chi connectivity index (χ4v) is 4.60. The molecule has 0 unspecified atom stereocenters. The second-order valence-electron chi connectivity index (χ2n) is 5.81. The summed E-state index contributed by atoms with van der Waals surface area (Å²) < 4.78 is 33.0. The molecule has 0 radical (unpaired) electrons. The fourth-order valence-electron chi connectivity index (χ4n) is 2.94. The van der Waals surface area contributed by atoms with E-state index in [1.54, 1.807) is 18.2 Å². The second kappa shape index (κ2) is 7.25. The van der Waals surface area contributed by atoms with Crippen LogP contribution >= 0.6 is 0 Å². The molecule has 1 amide bonds. The number of likely N-dealkylation sites (N-methyl/N-ethyl adjacent to an activating group) is 1. The SMILES string of the molecule is CNC(=O)[C@@H]1C[C@H](Oc2ccccc2)CN1S(=O)(=O)c1ccccc1. The summed E-state index contributed by atoms with van der Waals surface area (Å²) in [7, 11) is -2.27. The van der Waals surface area contributed by atoms with E-state index in [9.17, 15) is 13.2 Å². The molecule has 25 heavy (non-hydrogen) atoms. The highest BCUT2D eigenvalue weighted by Crippen LogP contribution is 2.29. The first-order valence-corrected chi connectivity index (χ1v) is 9.46. The quantitative estimate of drug-likeness (QED) is 0.880. The number of nitrogens with zero attached hydrogens (tertiary/aromatic N) is 1. The van der Waals surface area contributed by atoms with Crippen LogP contribution in [0.2, 0.25) is 0 Å². The van der Waals surface area contributed by atoms with Gasteiger partial charge in [-0.25, -0.2) is 8.42 Å². The van der Waals surface area contributed by atoms with Gasteiger partial charge in [-0.05, 0) is 24.3 Å². The number of nitrogens with one attached hydrogen (secondary N) is 1. The summed E-state index contributed by atoms with van der Waals surface area (Å²) in [5.74, 6) is 0.320. The molecule has 0 aromatic heterocycles. The Labute approximate surface area is 147 Å². The van der Waals surface area contributed by atoms with Crippen molar-refractivity contribution in [3.63, 3.8) is 0 Å². The molecule has 1 heterocycles. The molecule has 2 aromatic carbocycles. The van der Waals surface area contributed by atoms with E-state index in [0.29, 0.717) is 12.2 Å². The van der Waals surface area contributed by atoms with Crippen LogP contribution in [0, 0.1) is 0 Å². The summed E-state index contributed by atoms with van der Waals surface area (Å²) in [4.78, 5) is 12.4. The molecule has 6 nitrogen and oxygen atoms in total. The maximum atomic E-state index is 13.0. The largest absolute Gasteiger partial charge is 0.489 e. The summed E-state index contributed by atoms with van der Waals surface area (Å²) in [6.07, 6.45) is -0.0798. The molecule has 0 aliphatic carbocycles. The highest BCUT2D eigenvalue weighted by atomic mass is 32.2. The molecule has 1 saturated heterocycles. The number of benzene rings is 2. The van der Waals surface area contributed by atoms with Gasteiger partial charge < -0.3 is 10.1 Å². The Hall–Kier alpha value is -2.38. The summed E-state index contributed by atoms with van der Waals surface area (Å²) >= 11 is 0. The zero-order chi connectivity index (χ0) is 17.9. The van der Waals surface area contributed by atoms with Gasteiger partial charge in [0.2, 0.25) is 15.9 Å². The maximum absolute atomic E-state index is 13.0. The van der Waals surface area contributed by atoms with E-state index in [0.717, 1.165) is 0 Å². The molecule has 0 spiro atoms. The molecule has 1 fully saturated rings. The lowest BCUT2D eigenvalue weighted by atomic mass is 10.2. The van der Waals surface area contributed by atoms with Crippen LogP contribution in [0.15, 0.2) is 65.6 Å². The van der Waals surface area contributed by atoms with Crippen LogP contribution in [-0.2, 0) is 14.8 Å². The minimum Gasteiger partial charge on any atom is -0.489 e. The lowest BCUT2D eigenvalue weighted by Crippen LogP contribution is -2.44. The van der Waals surface area contributed by atoms with E-state index in [2.05, 4.69) is 5.32 Å². The number of amides is 1. The first kappa shape index (κ1) is 17.4. The number of carbonyl (C=O) groups is 1. The summed E-state index contributed by atoms with van der Waals surface area (Å²) in [5.41, 5.74) is 0. The monoisotopic (exact) mass is 360 g/mol. The minimum atomic E-state index is -3.78. The van der Waals surface area contributed by atoms with Crippen molar-refractivity contribution in [1.82, 2.24) is 9.62 Å². The normalized spacial score (nSPS) is 21.0. The molecule has 3 rings (SSSR count). The van der Waals surface area contributed by atoms with Crippen molar-refractivity contribution < 1.29 is 17.9 Å². The summed E-state index contributed by atoms with van der Waals surface area (Å²) in [6.45, 7) is 0.129. The highest BCUT2D eigenvalue weighted by Gasteiger charge is 2.44. The molecule has 0 bridgehead atoms. The fraction of sp³-hybridized carbons (Fsp3) is 0.278. The standard InChI is InChI=1S/C18H20N2O4S/c1-19-18(21)17-12-15(24-14-8-4-2-5-9-14)13-20(17)25(22,23)16-10-6-3-7-11-16/h2-11,15,17H,12-13H2,1H3,(H,19,21)/t15-,17-/m0/s1. The number of hydrogen-bond acceptors (Lipinski definition) is 4. The van der Waals surface area contributed by atoms with Gasteiger partial charge in [0.25, 0.3) is 0 Å². The smallest absolute Gasteiger partial charge is 0.243 e. The lowest BCUT2D eigenvalue weighted by Gasteiger charge is -2.22. The Balaban J connectivity index is 1.87. The topological polar surface area (TPSA) is 75.7 Å². The van der Waals surface area contributed by atoms with Gasteiger partial charge in [0.05, 0.1) is 11.4 Å². The number of hydrogen-bond donors (Lipinski definition) is 1. The van der Waals surface area contributed by atoms with E-state index in [1.807, 2.05) is 30.3 Å². The maximum Gasteiger partial charge on any atom is 0.243 e. The molecule has 7 heteroatoms. The number of para-hydroxylation sites is 1. The van der Waals surface area contributed by atoms with Crippen LogP contribution in [0.1, 0.15) is 6.42 Å². The highest BCUT2D eigenvalue weighted by molar-refractivity contribution is 7.89. The predicted octanol–water partition coefficient (Wildman–Crippen LogP) is 1.64. The van der Waals surface area contributed by atoms with Gasteiger partial charge >= 0.3 is 0 Å². The average molecular weight is 360 g/mol. The molecule has 1 aliphatic heterocycles. The van der Waals surface area contributed by atoms with Gasteiger partial charge in [-0.15, -0.1) is 0 Å². The average Bonchev–Trinajstić information content (AvgIpc) is 3.07. The zero-order valence-corrected chi connectivity index (χ0v) is 14.6. The van der Waals surface area contributed by atoms with Gasteiger partial charge in [0.15, 0.2) is 0 Å². The molecule has 132 valence electrons. The van der Waals surface area contributed by atoms with E-state index >= 15 is 0 Å². The summed E-state index contributed by atoms with van der Waals surface area (Å²) in [5, 5.41) is 2.54. The van der Waals surface area contributed by atoms with Crippen molar-refractivity contribution in [3.05, 3.63) is 60.7 Å². The Kier molecular flexibility index (Phi) is 5.06. The third-order valence-electron chi connectivity index (χ3n) is 4.16. The number of ether oxygens (including phenoxy) is 1. The Bertz CT molecular complexity index is 825. The molecule has 0 saturated carbocycles. The van der Waals surface area contributed by atoms with Crippen LogP contribution in [0.25, 0.3) is 0 Å². The van der Waals surface area contributed by atoms with Gasteiger partial charge in [0.1, 0.15) is 17.9 Å². The number of sulfonamides is 1. The Morgan fingerprint density at radius 2 is 1.68 bits per heavy atom. The van der Waals surface area contributed by atoms with Gasteiger partial charge in [0, 0.05) is 13.5 Å².